The molecule has 2 unspecified atom stereocenters. The number of hydroxylamine groups is 1. The second-order valence-electron chi connectivity index (χ2n) is 4.62. The van der Waals surface area contributed by atoms with Gasteiger partial charge in [0.15, 0.2) is 0 Å². The van der Waals surface area contributed by atoms with Crippen molar-refractivity contribution in [3.63, 3.8) is 0 Å². The molecule has 2 fully saturated rings. The van der Waals surface area contributed by atoms with Gasteiger partial charge in [0.05, 0.1) is 12.0 Å². The SMILES string of the molecule is O=[C]C12CCCCCC(CC1)NOC2. The van der Waals surface area contributed by atoms with E-state index in [4.69, 9.17) is 4.84 Å². The van der Waals surface area contributed by atoms with Crippen molar-refractivity contribution in [1.82, 2.24) is 5.48 Å². The highest BCUT2D eigenvalue weighted by Gasteiger charge is 2.35. The molecule has 1 radical (unpaired) electrons. The summed E-state index contributed by atoms with van der Waals surface area (Å²) < 4.78 is 0. The van der Waals surface area contributed by atoms with Gasteiger partial charge in [0.25, 0.3) is 0 Å². The smallest absolute Gasteiger partial charge is 0.207 e. The first-order valence-corrected chi connectivity index (χ1v) is 5.61. The molecule has 0 aromatic carbocycles. The zero-order valence-corrected chi connectivity index (χ0v) is 8.55. The Bertz CT molecular complexity index is 207. The van der Waals surface area contributed by atoms with Gasteiger partial charge in [-0.15, -0.1) is 0 Å². The molecule has 1 heterocycles. The van der Waals surface area contributed by atoms with E-state index < -0.39 is 0 Å². The predicted molar refractivity (Wildman–Crippen MR) is 53.3 cm³/mol. The quantitative estimate of drug-likeness (QED) is 0.694. The Balaban J connectivity index is 2.10. The van der Waals surface area contributed by atoms with Crippen LogP contribution in [0.2, 0.25) is 0 Å². The fourth-order valence-electron chi connectivity index (χ4n) is 2.44. The van der Waals surface area contributed by atoms with Gasteiger partial charge in [0.2, 0.25) is 6.29 Å². The van der Waals surface area contributed by atoms with Gasteiger partial charge < -0.3 is 4.84 Å². The molecular formula is C11H18NO2. The summed E-state index contributed by atoms with van der Waals surface area (Å²) in [7, 11) is 0. The van der Waals surface area contributed by atoms with E-state index >= 15 is 0 Å². The minimum atomic E-state index is -0.313. The highest BCUT2D eigenvalue weighted by molar-refractivity contribution is 5.60. The predicted octanol–water partition coefficient (Wildman–Crippen LogP) is 1.73. The minimum absolute atomic E-state index is 0.313. The third-order valence-corrected chi connectivity index (χ3v) is 3.49. The van der Waals surface area contributed by atoms with Crippen LogP contribution in [0.5, 0.6) is 0 Å². The van der Waals surface area contributed by atoms with Gasteiger partial charge in [-0.25, -0.2) is 0 Å². The molecule has 2 aliphatic rings. The number of nitrogens with one attached hydrogen (secondary N) is 1. The van der Waals surface area contributed by atoms with Crippen LogP contribution in [-0.2, 0) is 9.63 Å². The Morgan fingerprint density at radius 1 is 1.21 bits per heavy atom. The van der Waals surface area contributed by atoms with Gasteiger partial charge in [0, 0.05) is 6.04 Å². The minimum Gasteiger partial charge on any atom is -0.300 e. The van der Waals surface area contributed by atoms with Crippen molar-refractivity contribution in [1.29, 1.82) is 0 Å². The van der Waals surface area contributed by atoms with Crippen LogP contribution in [0.1, 0.15) is 44.9 Å². The van der Waals surface area contributed by atoms with E-state index in [-0.39, 0.29) is 5.41 Å². The molecule has 14 heavy (non-hydrogen) atoms. The summed E-state index contributed by atoms with van der Waals surface area (Å²) in [5.41, 5.74) is 2.75. The lowest BCUT2D eigenvalue weighted by atomic mass is 9.81. The summed E-state index contributed by atoms with van der Waals surface area (Å²) >= 11 is 0. The average molecular weight is 196 g/mol. The van der Waals surface area contributed by atoms with E-state index in [1.807, 2.05) is 0 Å². The van der Waals surface area contributed by atoms with E-state index in [0.29, 0.717) is 12.6 Å². The summed E-state index contributed by atoms with van der Waals surface area (Å²) in [4.78, 5) is 16.4. The van der Waals surface area contributed by atoms with Crippen molar-refractivity contribution in [2.45, 2.75) is 51.0 Å². The fraction of sp³-hybridized carbons (Fsp3) is 0.909. The molecule has 0 aromatic rings. The topological polar surface area (TPSA) is 38.3 Å². The lowest BCUT2D eigenvalue weighted by Crippen LogP contribution is -2.30. The Labute approximate surface area is 85.2 Å². The maximum Gasteiger partial charge on any atom is 0.207 e. The molecule has 2 bridgehead atoms. The lowest BCUT2D eigenvalue weighted by Gasteiger charge is -2.23. The zero-order chi connectivity index (χ0) is 9.86. The van der Waals surface area contributed by atoms with Crippen molar-refractivity contribution in [3.8, 4) is 0 Å². The molecule has 0 aromatic heterocycles. The van der Waals surface area contributed by atoms with Crippen LogP contribution in [0.25, 0.3) is 0 Å². The molecule has 1 N–H and O–H groups in total. The van der Waals surface area contributed by atoms with E-state index in [1.165, 1.54) is 19.3 Å². The molecule has 3 nitrogen and oxygen atoms in total. The van der Waals surface area contributed by atoms with Gasteiger partial charge >= 0.3 is 0 Å². The van der Waals surface area contributed by atoms with Gasteiger partial charge in [-0.05, 0) is 25.7 Å². The highest BCUT2D eigenvalue weighted by atomic mass is 16.6. The van der Waals surface area contributed by atoms with Crippen LogP contribution in [0, 0.1) is 5.41 Å². The third-order valence-electron chi connectivity index (χ3n) is 3.49. The van der Waals surface area contributed by atoms with Crippen molar-refractivity contribution in [3.05, 3.63) is 0 Å². The fourth-order valence-corrected chi connectivity index (χ4v) is 2.44. The van der Waals surface area contributed by atoms with E-state index in [2.05, 4.69) is 11.8 Å². The molecule has 2 atom stereocenters. The van der Waals surface area contributed by atoms with Crippen molar-refractivity contribution in [2.24, 2.45) is 5.41 Å². The highest BCUT2D eigenvalue weighted by Crippen LogP contribution is 2.33. The molecule has 79 valence electrons. The molecule has 0 amide bonds. The molecule has 1 aliphatic heterocycles. The molecular weight excluding hydrogens is 178 g/mol. The second kappa shape index (κ2) is 4.41. The summed E-state index contributed by atoms with van der Waals surface area (Å²) in [6.07, 6.45) is 9.97. The van der Waals surface area contributed by atoms with Gasteiger partial charge in [0.1, 0.15) is 0 Å². The first kappa shape index (κ1) is 10.1. The number of fused-ring (bicyclic) bond motifs is 3. The van der Waals surface area contributed by atoms with Crippen LogP contribution in [-0.4, -0.2) is 18.9 Å². The molecule has 1 saturated heterocycles. The van der Waals surface area contributed by atoms with Crippen LogP contribution in [0.15, 0.2) is 0 Å². The zero-order valence-electron chi connectivity index (χ0n) is 8.55. The first-order valence-electron chi connectivity index (χ1n) is 5.61. The summed E-state index contributed by atoms with van der Waals surface area (Å²) in [6.45, 7) is 0.507. The maximum atomic E-state index is 11.0. The third kappa shape index (κ3) is 2.15. The van der Waals surface area contributed by atoms with Crippen LogP contribution >= 0.6 is 0 Å². The van der Waals surface area contributed by atoms with Crippen molar-refractivity contribution >= 4 is 6.29 Å². The number of hydrogen-bond acceptors (Lipinski definition) is 3. The van der Waals surface area contributed by atoms with Crippen LogP contribution in [0.3, 0.4) is 0 Å². The largest absolute Gasteiger partial charge is 0.300 e. The second-order valence-corrected chi connectivity index (χ2v) is 4.62. The van der Waals surface area contributed by atoms with E-state index in [1.54, 1.807) is 0 Å². The Morgan fingerprint density at radius 3 is 3.00 bits per heavy atom. The van der Waals surface area contributed by atoms with E-state index in [0.717, 1.165) is 25.7 Å². The summed E-state index contributed by atoms with van der Waals surface area (Å²) in [6, 6.07) is 0.448. The molecule has 1 aliphatic carbocycles. The molecule has 3 heteroatoms. The number of rotatable bonds is 1. The monoisotopic (exact) mass is 196 g/mol. The molecule has 2 rings (SSSR count). The summed E-state index contributed by atoms with van der Waals surface area (Å²) in [5, 5.41) is 0. The molecule has 1 saturated carbocycles. The van der Waals surface area contributed by atoms with E-state index in [9.17, 15) is 4.79 Å². The Kier molecular flexibility index (Phi) is 3.19. The lowest BCUT2D eigenvalue weighted by molar-refractivity contribution is -0.00526. The van der Waals surface area contributed by atoms with Gasteiger partial charge in [-0.3, -0.25) is 4.79 Å². The standard InChI is InChI=1S/C11H18NO2/c13-8-11-6-3-1-2-4-10(5-7-11)12-14-9-11/h10,12H,1-7,9H2. The Morgan fingerprint density at radius 2 is 2.14 bits per heavy atom. The normalized spacial score (nSPS) is 39.3. The van der Waals surface area contributed by atoms with Crippen LogP contribution in [0.4, 0.5) is 0 Å². The first-order chi connectivity index (χ1) is 6.85. The van der Waals surface area contributed by atoms with Gasteiger partial charge in [-0.1, -0.05) is 19.3 Å². The summed E-state index contributed by atoms with van der Waals surface area (Å²) in [5.74, 6) is 0. The van der Waals surface area contributed by atoms with Crippen molar-refractivity contribution in [2.75, 3.05) is 6.61 Å². The maximum absolute atomic E-state index is 11.0. The number of carbonyl (C=O) groups excluding carboxylic acids is 1. The van der Waals surface area contributed by atoms with Crippen LogP contribution < -0.4 is 5.48 Å². The molecule has 0 spiro atoms. The van der Waals surface area contributed by atoms with Crippen molar-refractivity contribution < 1.29 is 9.63 Å². The Hall–Kier alpha value is -0.410. The average Bonchev–Trinajstić information content (AvgIpc) is 2.36. The van der Waals surface area contributed by atoms with Gasteiger partial charge in [-0.2, -0.15) is 5.48 Å². The number of hydrogen-bond donors (Lipinski definition) is 1.